The van der Waals surface area contributed by atoms with E-state index in [0.717, 1.165) is 38.0 Å². The van der Waals surface area contributed by atoms with Crippen molar-refractivity contribution in [1.29, 1.82) is 0 Å². The fourth-order valence-electron chi connectivity index (χ4n) is 3.32. The minimum absolute atomic E-state index is 0.0120. The van der Waals surface area contributed by atoms with Gasteiger partial charge in [-0.1, -0.05) is 12.1 Å². The molecular weight excluding hydrogens is 375 g/mol. The molecule has 3 rings (SSSR count). The Morgan fingerprint density at radius 1 is 1.17 bits per heavy atom. The highest BCUT2D eigenvalue weighted by molar-refractivity contribution is 5.99. The number of carbonyl (C=O) groups is 1. The van der Waals surface area contributed by atoms with Crippen molar-refractivity contribution >= 4 is 17.3 Å². The van der Waals surface area contributed by atoms with E-state index >= 15 is 0 Å². The first-order valence-electron chi connectivity index (χ1n) is 9.48. The predicted molar refractivity (Wildman–Crippen MR) is 108 cm³/mol. The highest BCUT2D eigenvalue weighted by Gasteiger charge is 2.25. The van der Waals surface area contributed by atoms with Gasteiger partial charge in [0.05, 0.1) is 10.6 Å². The Labute approximate surface area is 168 Å². The lowest BCUT2D eigenvalue weighted by Gasteiger charge is -2.30. The average Bonchev–Trinajstić information content (AvgIpc) is 2.74. The molecule has 0 aromatic heterocycles. The quantitative estimate of drug-likeness (QED) is 0.458. The van der Waals surface area contributed by atoms with Crippen molar-refractivity contribution < 1.29 is 14.1 Å². The number of nitro benzene ring substituents is 1. The Bertz CT molecular complexity index is 889. The first-order valence-corrected chi connectivity index (χ1v) is 9.48. The van der Waals surface area contributed by atoms with Crippen molar-refractivity contribution in [3.8, 4) is 0 Å². The zero-order valence-electron chi connectivity index (χ0n) is 16.2. The molecule has 0 spiro atoms. The molecule has 1 heterocycles. The first kappa shape index (κ1) is 20.6. The number of rotatable bonds is 6. The van der Waals surface area contributed by atoms with Crippen LogP contribution in [0.25, 0.3) is 0 Å². The number of non-ortho nitro benzene ring substituents is 1. The molecule has 2 aromatic rings. The van der Waals surface area contributed by atoms with Crippen LogP contribution in [0.4, 0.5) is 10.1 Å². The Hall–Kier alpha value is -3.13. The largest absolute Gasteiger partial charge is 0.299 e. The SMILES string of the molecule is CC(=NNC(=O)C1CCN(Cc2ccc(F)cc2)CC1)c1ccc([N+](=O)[O-])cc1. The number of benzene rings is 2. The summed E-state index contributed by atoms with van der Waals surface area (Å²) in [6, 6.07) is 12.5. The van der Waals surface area contributed by atoms with Crippen LogP contribution >= 0.6 is 0 Å². The van der Waals surface area contributed by atoms with Crippen LogP contribution < -0.4 is 5.43 Å². The average molecular weight is 398 g/mol. The van der Waals surface area contributed by atoms with Gasteiger partial charge >= 0.3 is 0 Å². The topological polar surface area (TPSA) is 87.8 Å². The molecule has 0 saturated carbocycles. The van der Waals surface area contributed by atoms with Crippen LogP contribution in [0.5, 0.6) is 0 Å². The molecule has 0 atom stereocenters. The summed E-state index contributed by atoms with van der Waals surface area (Å²) in [5.74, 6) is -0.464. The van der Waals surface area contributed by atoms with Gasteiger partial charge in [0.1, 0.15) is 5.82 Å². The van der Waals surface area contributed by atoms with Gasteiger partial charge in [-0.2, -0.15) is 5.10 Å². The molecule has 1 fully saturated rings. The van der Waals surface area contributed by atoms with E-state index in [1.54, 1.807) is 31.2 Å². The summed E-state index contributed by atoms with van der Waals surface area (Å²) in [6.45, 7) is 4.07. The summed E-state index contributed by atoms with van der Waals surface area (Å²) in [7, 11) is 0. The molecule has 1 N–H and O–H groups in total. The van der Waals surface area contributed by atoms with Crippen molar-refractivity contribution in [1.82, 2.24) is 10.3 Å². The van der Waals surface area contributed by atoms with Gasteiger partial charge in [-0.15, -0.1) is 0 Å². The molecule has 0 aliphatic carbocycles. The maximum atomic E-state index is 13.0. The maximum absolute atomic E-state index is 13.0. The van der Waals surface area contributed by atoms with Gasteiger partial charge < -0.3 is 0 Å². The van der Waals surface area contributed by atoms with Gasteiger partial charge in [0.15, 0.2) is 0 Å². The predicted octanol–water partition coefficient (Wildman–Crippen LogP) is 3.49. The van der Waals surface area contributed by atoms with E-state index in [4.69, 9.17) is 0 Å². The lowest BCUT2D eigenvalue weighted by Crippen LogP contribution is -2.39. The molecule has 0 bridgehead atoms. The number of nitrogens with one attached hydrogen (secondary N) is 1. The number of halogens is 1. The number of hydrazone groups is 1. The molecule has 1 aliphatic heterocycles. The van der Waals surface area contributed by atoms with Crippen molar-refractivity contribution in [2.24, 2.45) is 11.0 Å². The highest BCUT2D eigenvalue weighted by atomic mass is 19.1. The number of carbonyl (C=O) groups excluding carboxylic acids is 1. The molecule has 1 saturated heterocycles. The van der Waals surface area contributed by atoms with Crippen LogP contribution in [-0.4, -0.2) is 34.5 Å². The monoisotopic (exact) mass is 398 g/mol. The summed E-state index contributed by atoms with van der Waals surface area (Å²) in [6.07, 6.45) is 1.47. The van der Waals surface area contributed by atoms with E-state index in [1.165, 1.54) is 24.3 Å². The number of likely N-dealkylation sites (tertiary alicyclic amines) is 1. The fourth-order valence-corrected chi connectivity index (χ4v) is 3.32. The second-order valence-electron chi connectivity index (χ2n) is 7.15. The van der Waals surface area contributed by atoms with Crippen molar-refractivity contribution in [3.63, 3.8) is 0 Å². The Morgan fingerprint density at radius 3 is 2.38 bits per heavy atom. The molecule has 0 unspecified atom stereocenters. The number of hydrogen-bond donors (Lipinski definition) is 1. The summed E-state index contributed by atoms with van der Waals surface area (Å²) in [5, 5.41) is 14.8. The van der Waals surface area contributed by atoms with E-state index in [1.807, 2.05) is 0 Å². The lowest BCUT2D eigenvalue weighted by molar-refractivity contribution is -0.384. The van der Waals surface area contributed by atoms with Gasteiger partial charge in [-0.3, -0.25) is 19.8 Å². The van der Waals surface area contributed by atoms with Gasteiger partial charge in [0.2, 0.25) is 5.91 Å². The number of nitro groups is 1. The second-order valence-corrected chi connectivity index (χ2v) is 7.15. The summed E-state index contributed by atoms with van der Waals surface area (Å²) in [5.41, 5.74) is 4.98. The van der Waals surface area contributed by atoms with Crippen LogP contribution in [0.3, 0.4) is 0 Å². The number of piperidine rings is 1. The van der Waals surface area contributed by atoms with Crippen molar-refractivity contribution in [3.05, 3.63) is 75.6 Å². The third-order valence-corrected chi connectivity index (χ3v) is 5.11. The molecule has 1 amide bonds. The summed E-state index contributed by atoms with van der Waals surface area (Å²) >= 11 is 0. The molecule has 29 heavy (non-hydrogen) atoms. The minimum Gasteiger partial charge on any atom is -0.299 e. The summed E-state index contributed by atoms with van der Waals surface area (Å²) < 4.78 is 13.0. The molecule has 0 radical (unpaired) electrons. The smallest absolute Gasteiger partial charge is 0.269 e. The van der Waals surface area contributed by atoms with Crippen LogP contribution in [0.15, 0.2) is 53.6 Å². The zero-order valence-corrected chi connectivity index (χ0v) is 16.2. The Kier molecular flexibility index (Phi) is 6.66. The maximum Gasteiger partial charge on any atom is 0.269 e. The Morgan fingerprint density at radius 2 is 1.79 bits per heavy atom. The number of nitrogens with zero attached hydrogens (tertiary/aromatic N) is 3. The lowest BCUT2D eigenvalue weighted by atomic mass is 9.96. The van der Waals surface area contributed by atoms with Gasteiger partial charge in [-0.25, -0.2) is 9.82 Å². The van der Waals surface area contributed by atoms with E-state index in [2.05, 4.69) is 15.4 Å². The molecule has 152 valence electrons. The van der Waals surface area contributed by atoms with Crippen molar-refractivity contribution in [2.45, 2.75) is 26.3 Å². The van der Waals surface area contributed by atoms with Crippen LogP contribution in [0.2, 0.25) is 0 Å². The summed E-state index contributed by atoms with van der Waals surface area (Å²) in [4.78, 5) is 24.9. The normalized spacial score (nSPS) is 15.9. The van der Waals surface area contributed by atoms with Crippen LogP contribution in [0, 0.1) is 21.8 Å². The molecule has 7 nitrogen and oxygen atoms in total. The third-order valence-electron chi connectivity index (χ3n) is 5.11. The third kappa shape index (κ3) is 5.68. The van der Waals surface area contributed by atoms with Crippen LogP contribution in [0.1, 0.15) is 30.9 Å². The van der Waals surface area contributed by atoms with Crippen LogP contribution in [-0.2, 0) is 11.3 Å². The van der Waals surface area contributed by atoms with Gasteiger partial charge in [0, 0.05) is 24.6 Å². The minimum atomic E-state index is -0.458. The van der Waals surface area contributed by atoms with Crippen molar-refractivity contribution in [2.75, 3.05) is 13.1 Å². The molecule has 2 aromatic carbocycles. The first-order chi connectivity index (χ1) is 13.9. The fraction of sp³-hybridized carbons (Fsp3) is 0.333. The van der Waals surface area contributed by atoms with E-state index in [9.17, 15) is 19.3 Å². The standard InChI is InChI=1S/C21H23FN4O3/c1-15(17-4-8-20(9-5-17)26(28)29)23-24-21(27)18-10-12-25(13-11-18)14-16-2-6-19(22)7-3-16/h2-9,18H,10-14H2,1H3,(H,24,27). The molecular formula is C21H23FN4O3. The molecule has 8 heteroatoms. The van der Waals surface area contributed by atoms with E-state index in [0.29, 0.717) is 11.3 Å². The van der Waals surface area contributed by atoms with E-state index in [-0.39, 0.29) is 23.3 Å². The second kappa shape index (κ2) is 9.38. The van der Waals surface area contributed by atoms with E-state index < -0.39 is 4.92 Å². The number of amides is 1. The zero-order chi connectivity index (χ0) is 20.8. The van der Waals surface area contributed by atoms with Gasteiger partial charge in [0.25, 0.3) is 5.69 Å². The molecule has 1 aliphatic rings. The van der Waals surface area contributed by atoms with Gasteiger partial charge in [-0.05, 0) is 68.2 Å². The Balaban J connectivity index is 1.48. The highest BCUT2D eigenvalue weighted by Crippen LogP contribution is 2.19. The number of hydrogen-bond acceptors (Lipinski definition) is 5.